The number of nitrogens with zero attached hydrogens (tertiary/aromatic N) is 2. The second kappa shape index (κ2) is 9.68. The van der Waals surface area contributed by atoms with Crippen molar-refractivity contribution >= 4 is 29.0 Å². The van der Waals surface area contributed by atoms with E-state index in [0.717, 1.165) is 0 Å². The molecule has 0 bridgehead atoms. The molecule has 1 aromatic heterocycles. The Balaban J connectivity index is 2.00. The lowest BCUT2D eigenvalue weighted by molar-refractivity contribution is -0.116. The van der Waals surface area contributed by atoms with E-state index in [2.05, 4.69) is 10.3 Å². The number of benzene rings is 2. The van der Waals surface area contributed by atoms with Crippen molar-refractivity contribution in [2.24, 2.45) is 0 Å². The van der Waals surface area contributed by atoms with Gasteiger partial charge in [-0.05, 0) is 50.2 Å². The zero-order valence-electron chi connectivity index (χ0n) is 17.2. The van der Waals surface area contributed by atoms with Crippen LogP contribution < -0.4 is 10.9 Å². The van der Waals surface area contributed by atoms with Crippen LogP contribution >= 0.6 is 11.6 Å². The molecule has 0 radical (unpaired) electrons. The number of carbonyl (C=O) groups is 2. The number of halogens is 1. The molecule has 7 nitrogen and oxygen atoms in total. The maximum Gasteiger partial charge on any atom is 0.257 e. The van der Waals surface area contributed by atoms with Crippen LogP contribution in [0.5, 0.6) is 0 Å². The SMILES string of the molecule is CC(=O)c1cccc(NC(=O)Cn2c(-c3ccc(Cl)cc3)nc(C)c(CCO)c2=O)c1. The third-order valence-electron chi connectivity index (χ3n) is 4.79. The highest BCUT2D eigenvalue weighted by Gasteiger charge is 2.18. The van der Waals surface area contributed by atoms with Crippen molar-refractivity contribution in [3.8, 4) is 11.4 Å². The highest BCUT2D eigenvalue weighted by atomic mass is 35.5. The van der Waals surface area contributed by atoms with E-state index in [1.54, 1.807) is 55.5 Å². The highest BCUT2D eigenvalue weighted by molar-refractivity contribution is 6.30. The summed E-state index contributed by atoms with van der Waals surface area (Å²) in [5.41, 5.74) is 2.01. The van der Waals surface area contributed by atoms with E-state index >= 15 is 0 Å². The maximum absolute atomic E-state index is 13.1. The van der Waals surface area contributed by atoms with Gasteiger partial charge in [0.2, 0.25) is 5.91 Å². The second-order valence-corrected chi connectivity index (χ2v) is 7.49. The summed E-state index contributed by atoms with van der Waals surface area (Å²) in [6.07, 6.45) is 0.140. The van der Waals surface area contributed by atoms with Crippen molar-refractivity contribution in [2.45, 2.75) is 26.8 Å². The van der Waals surface area contributed by atoms with Gasteiger partial charge in [-0.1, -0.05) is 23.7 Å². The fourth-order valence-electron chi connectivity index (χ4n) is 3.23. The van der Waals surface area contributed by atoms with Gasteiger partial charge in [-0.15, -0.1) is 0 Å². The average Bonchev–Trinajstić information content (AvgIpc) is 2.74. The molecule has 0 atom stereocenters. The molecule has 160 valence electrons. The molecular weight excluding hydrogens is 418 g/mol. The van der Waals surface area contributed by atoms with Gasteiger partial charge in [0.1, 0.15) is 12.4 Å². The van der Waals surface area contributed by atoms with Gasteiger partial charge < -0.3 is 10.4 Å². The molecule has 1 amide bonds. The van der Waals surface area contributed by atoms with Crippen LogP contribution in [0.15, 0.2) is 53.3 Å². The molecule has 0 saturated heterocycles. The zero-order valence-corrected chi connectivity index (χ0v) is 17.9. The van der Waals surface area contributed by atoms with Crippen LogP contribution in [0.4, 0.5) is 5.69 Å². The first kappa shape index (κ1) is 22.4. The molecule has 0 saturated carbocycles. The van der Waals surface area contributed by atoms with Crippen molar-refractivity contribution in [3.63, 3.8) is 0 Å². The molecule has 2 N–H and O–H groups in total. The lowest BCUT2D eigenvalue weighted by Crippen LogP contribution is -2.33. The topological polar surface area (TPSA) is 101 Å². The Morgan fingerprint density at radius 1 is 1.16 bits per heavy atom. The third kappa shape index (κ3) is 5.25. The number of aliphatic hydroxyl groups excluding tert-OH is 1. The summed E-state index contributed by atoms with van der Waals surface area (Å²) in [4.78, 5) is 42.0. The molecule has 2 aromatic carbocycles. The highest BCUT2D eigenvalue weighted by Crippen LogP contribution is 2.20. The Hall–Kier alpha value is -3.29. The van der Waals surface area contributed by atoms with Crippen LogP contribution in [0.25, 0.3) is 11.4 Å². The quantitative estimate of drug-likeness (QED) is 0.550. The van der Waals surface area contributed by atoms with Gasteiger partial charge in [-0.3, -0.25) is 19.0 Å². The van der Waals surface area contributed by atoms with E-state index in [9.17, 15) is 19.5 Å². The summed E-state index contributed by atoms with van der Waals surface area (Å²) < 4.78 is 1.28. The maximum atomic E-state index is 13.1. The van der Waals surface area contributed by atoms with E-state index in [1.165, 1.54) is 11.5 Å². The number of hydrogen-bond donors (Lipinski definition) is 2. The van der Waals surface area contributed by atoms with Gasteiger partial charge in [0.05, 0.1) is 0 Å². The number of ketones is 1. The van der Waals surface area contributed by atoms with E-state index < -0.39 is 5.91 Å². The van der Waals surface area contributed by atoms with Gasteiger partial charge in [0.15, 0.2) is 5.78 Å². The lowest BCUT2D eigenvalue weighted by atomic mass is 10.1. The first-order valence-electron chi connectivity index (χ1n) is 9.68. The molecule has 3 aromatic rings. The van der Waals surface area contributed by atoms with E-state index in [-0.39, 0.29) is 30.9 Å². The van der Waals surface area contributed by atoms with Gasteiger partial charge >= 0.3 is 0 Å². The Bertz CT molecular complexity index is 1190. The predicted octanol–water partition coefficient (Wildman–Crippen LogP) is 3.25. The normalized spacial score (nSPS) is 10.7. The average molecular weight is 440 g/mol. The molecule has 0 aliphatic carbocycles. The first-order valence-corrected chi connectivity index (χ1v) is 10.1. The largest absolute Gasteiger partial charge is 0.396 e. The number of carbonyl (C=O) groups excluding carboxylic acids is 2. The summed E-state index contributed by atoms with van der Waals surface area (Å²) in [6.45, 7) is 2.65. The number of nitrogens with one attached hydrogen (secondary N) is 1. The summed E-state index contributed by atoms with van der Waals surface area (Å²) >= 11 is 5.97. The monoisotopic (exact) mass is 439 g/mol. The second-order valence-electron chi connectivity index (χ2n) is 7.06. The van der Waals surface area contributed by atoms with Crippen LogP contribution in [0.1, 0.15) is 28.5 Å². The molecule has 3 rings (SSSR count). The van der Waals surface area contributed by atoms with E-state index in [4.69, 9.17) is 11.6 Å². The number of hydrogen-bond acceptors (Lipinski definition) is 5. The van der Waals surface area contributed by atoms with Crippen molar-refractivity contribution in [3.05, 3.63) is 80.7 Å². The summed E-state index contributed by atoms with van der Waals surface area (Å²) in [7, 11) is 0. The summed E-state index contributed by atoms with van der Waals surface area (Å²) in [5, 5.41) is 12.6. The summed E-state index contributed by atoms with van der Waals surface area (Å²) in [5.74, 6) is -0.235. The molecule has 1 heterocycles. The van der Waals surface area contributed by atoms with Gasteiger partial charge in [-0.25, -0.2) is 4.98 Å². The van der Waals surface area contributed by atoms with Crippen molar-refractivity contribution in [1.82, 2.24) is 9.55 Å². The van der Waals surface area contributed by atoms with Crippen molar-refractivity contribution in [1.29, 1.82) is 0 Å². The zero-order chi connectivity index (χ0) is 22.5. The van der Waals surface area contributed by atoms with Crippen LogP contribution in [0.2, 0.25) is 5.02 Å². The number of amides is 1. The number of aliphatic hydroxyl groups is 1. The van der Waals surface area contributed by atoms with Gasteiger partial charge in [-0.2, -0.15) is 0 Å². The minimum atomic E-state index is -0.446. The Morgan fingerprint density at radius 3 is 2.52 bits per heavy atom. The molecule has 0 spiro atoms. The Morgan fingerprint density at radius 2 is 1.87 bits per heavy atom. The van der Waals surface area contributed by atoms with Crippen molar-refractivity contribution < 1.29 is 14.7 Å². The number of aromatic nitrogens is 2. The smallest absolute Gasteiger partial charge is 0.257 e. The number of rotatable bonds is 7. The minimum Gasteiger partial charge on any atom is -0.396 e. The van der Waals surface area contributed by atoms with Crippen LogP contribution in [-0.2, 0) is 17.8 Å². The lowest BCUT2D eigenvalue weighted by Gasteiger charge is -2.16. The predicted molar refractivity (Wildman–Crippen MR) is 120 cm³/mol. The Kier molecular flexibility index (Phi) is 6.99. The molecule has 0 fully saturated rings. The molecule has 0 aliphatic rings. The molecule has 8 heteroatoms. The molecule has 0 unspecified atom stereocenters. The fraction of sp³-hybridized carbons (Fsp3) is 0.217. The van der Waals surface area contributed by atoms with Gasteiger partial charge in [0.25, 0.3) is 5.56 Å². The molecular formula is C23H22ClN3O4. The van der Waals surface area contributed by atoms with Crippen LogP contribution in [-0.4, -0.2) is 33.0 Å². The minimum absolute atomic E-state index is 0.117. The third-order valence-corrected chi connectivity index (χ3v) is 5.04. The first-order chi connectivity index (χ1) is 14.8. The summed E-state index contributed by atoms with van der Waals surface area (Å²) in [6, 6.07) is 13.4. The number of Topliss-reactive ketones (excluding diaryl/α,β-unsaturated/α-hetero) is 1. The molecule has 0 aliphatic heterocycles. The fourth-order valence-corrected chi connectivity index (χ4v) is 3.35. The van der Waals surface area contributed by atoms with Crippen molar-refractivity contribution in [2.75, 3.05) is 11.9 Å². The number of anilines is 1. The van der Waals surface area contributed by atoms with Crippen LogP contribution in [0, 0.1) is 6.92 Å². The Labute approximate surface area is 184 Å². The number of aryl methyl sites for hydroxylation is 1. The molecule has 31 heavy (non-hydrogen) atoms. The standard InChI is InChI=1S/C23H22ClN3O4/c1-14-20(10-11-28)23(31)27(22(25-14)16-6-8-18(24)9-7-16)13-21(30)26-19-5-3-4-17(12-19)15(2)29/h3-9,12,28H,10-11,13H2,1-2H3,(H,26,30). The van der Waals surface area contributed by atoms with E-state index in [0.29, 0.717) is 38.9 Å². The van der Waals surface area contributed by atoms with Crippen LogP contribution in [0.3, 0.4) is 0 Å². The van der Waals surface area contributed by atoms with E-state index in [1.807, 2.05) is 0 Å². The van der Waals surface area contributed by atoms with Gasteiger partial charge in [0, 0.05) is 46.1 Å².